The molecule has 7 nitrogen and oxygen atoms in total. The number of carbonyl (C=O) groups excluding carboxylic acids is 2. The monoisotopic (exact) mass is 382 g/mol. The number of ether oxygens (including phenoxy) is 2. The normalized spacial score (nSPS) is 11.3. The van der Waals surface area contributed by atoms with E-state index in [4.69, 9.17) is 4.74 Å². The van der Waals surface area contributed by atoms with Crippen LogP contribution in [0.4, 0.5) is 0 Å². The van der Waals surface area contributed by atoms with Gasteiger partial charge in [-0.15, -0.1) is 0 Å². The van der Waals surface area contributed by atoms with Gasteiger partial charge in [0.25, 0.3) is 0 Å². The molecule has 2 heterocycles. The highest BCUT2D eigenvalue weighted by atomic mass is 79.9. The molecule has 0 spiro atoms. The van der Waals surface area contributed by atoms with Crippen molar-refractivity contribution in [2.24, 2.45) is 5.41 Å². The van der Waals surface area contributed by atoms with E-state index < -0.39 is 28.7 Å². The molecule has 0 unspecified atom stereocenters. The molecule has 2 rings (SSSR count). The predicted molar refractivity (Wildman–Crippen MR) is 85.6 cm³/mol. The summed E-state index contributed by atoms with van der Waals surface area (Å²) in [6.45, 7) is 4.90. The van der Waals surface area contributed by atoms with Gasteiger partial charge in [-0.2, -0.15) is 0 Å². The largest absolute Gasteiger partial charge is 0.464 e. The summed E-state index contributed by atoms with van der Waals surface area (Å²) in [4.78, 5) is 40.7. The third kappa shape index (κ3) is 3.42. The predicted octanol–water partition coefficient (Wildman–Crippen LogP) is 2.20. The molecule has 0 atom stereocenters. The summed E-state index contributed by atoms with van der Waals surface area (Å²) in [6.07, 6.45) is 1.47. The molecule has 0 amide bonds. The topological polar surface area (TPSA) is 87.0 Å². The van der Waals surface area contributed by atoms with Gasteiger partial charge in [0.1, 0.15) is 5.65 Å². The Hall–Kier alpha value is -2.22. The van der Waals surface area contributed by atoms with Gasteiger partial charge in [-0.05, 0) is 48.8 Å². The van der Waals surface area contributed by atoms with Gasteiger partial charge in [0.15, 0.2) is 5.69 Å². The average molecular weight is 383 g/mol. The summed E-state index contributed by atoms with van der Waals surface area (Å²) in [7, 11) is 1.16. The van der Waals surface area contributed by atoms with Crippen LogP contribution in [-0.4, -0.2) is 28.4 Å². The standard InChI is InChI=1S/C15H15BrN2O5/c1-15(2,3)14(21)23-11-10(13(20)22-4)17-9-6-5-8(16)7-18(9)12(11)19/h5-7H,1-4H3. The minimum atomic E-state index is -0.857. The maximum Gasteiger partial charge on any atom is 0.360 e. The molecule has 0 bridgehead atoms. The van der Waals surface area contributed by atoms with Crippen LogP contribution in [0.15, 0.2) is 27.6 Å². The highest BCUT2D eigenvalue weighted by Crippen LogP contribution is 2.21. The summed E-state index contributed by atoms with van der Waals surface area (Å²) in [5.74, 6) is -1.96. The first-order valence-electron chi connectivity index (χ1n) is 6.67. The van der Waals surface area contributed by atoms with Gasteiger partial charge < -0.3 is 9.47 Å². The van der Waals surface area contributed by atoms with Crippen molar-refractivity contribution < 1.29 is 19.1 Å². The molecule has 23 heavy (non-hydrogen) atoms. The van der Waals surface area contributed by atoms with Gasteiger partial charge in [0, 0.05) is 10.7 Å². The third-order valence-electron chi connectivity index (χ3n) is 2.93. The first kappa shape index (κ1) is 17.1. The SMILES string of the molecule is COC(=O)c1nc2ccc(Br)cn2c(=O)c1OC(=O)C(C)(C)C. The summed E-state index contributed by atoms with van der Waals surface area (Å²) in [5, 5.41) is 0. The Balaban J connectivity index is 2.73. The molecule has 2 aromatic rings. The van der Waals surface area contributed by atoms with E-state index in [2.05, 4.69) is 25.7 Å². The number of hydrogen-bond donors (Lipinski definition) is 0. The third-order valence-corrected chi connectivity index (χ3v) is 3.40. The maximum absolute atomic E-state index is 12.6. The van der Waals surface area contributed by atoms with E-state index in [1.807, 2.05) is 0 Å². The highest BCUT2D eigenvalue weighted by Gasteiger charge is 2.29. The number of hydrogen-bond acceptors (Lipinski definition) is 6. The van der Waals surface area contributed by atoms with Crippen LogP contribution in [-0.2, 0) is 9.53 Å². The van der Waals surface area contributed by atoms with Crippen molar-refractivity contribution in [3.05, 3.63) is 38.9 Å². The second-order valence-corrected chi connectivity index (χ2v) is 6.72. The number of fused-ring (bicyclic) bond motifs is 1. The van der Waals surface area contributed by atoms with E-state index >= 15 is 0 Å². The number of nitrogens with zero attached hydrogens (tertiary/aromatic N) is 2. The molecule has 0 fully saturated rings. The van der Waals surface area contributed by atoms with E-state index in [0.29, 0.717) is 4.47 Å². The fourth-order valence-corrected chi connectivity index (χ4v) is 2.01. The molecule has 8 heteroatoms. The van der Waals surface area contributed by atoms with Crippen molar-refractivity contribution in [1.29, 1.82) is 0 Å². The fourth-order valence-electron chi connectivity index (χ4n) is 1.67. The van der Waals surface area contributed by atoms with Crippen LogP contribution < -0.4 is 10.3 Å². The van der Waals surface area contributed by atoms with Crippen molar-refractivity contribution in [3.8, 4) is 5.75 Å². The number of carbonyl (C=O) groups is 2. The van der Waals surface area contributed by atoms with Gasteiger partial charge in [0.2, 0.25) is 5.75 Å². The smallest absolute Gasteiger partial charge is 0.360 e. The van der Waals surface area contributed by atoms with Crippen molar-refractivity contribution in [1.82, 2.24) is 9.38 Å². The second-order valence-electron chi connectivity index (χ2n) is 5.80. The molecule has 0 aliphatic rings. The quantitative estimate of drug-likeness (QED) is 0.739. The molecule has 0 radical (unpaired) electrons. The van der Waals surface area contributed by atoms with Crippen LogP contribution in [0.2, 0.25) is 0 Å². The summed E-state index contributed by atoms with van der Waals surface area (Å²) in [5.41, 5.74) is -1.63. The Bertz CT molecular complexity index is 851. The molecule has 0 saturated carbocycles. The van der Waals surface area contributed by atoms with Crippen LogP contribution in [0.1, 0.15) is 31.3 Å². The zero-order chi connectivity index (χ0) is 17.4. The number of methoxy groups -OCH3 is 1. The number of halogens is 1. The molecule has 0 aliphatic heterocycles. The molecule has 0 saturated heterocycles. The van der Waals surface area contributed by atoms with E-state index in [9.17, 15) is 14.4 Å². The van der Waals surface area contributed by atoms with E-state index in [1.165, 1.54) is 10.6 Å². The number of rotatable bonds is 2. The molecule has 122 valence electrons. The van der Waals surface area contributed by atoms with Gasteiger partial charge in [-0.3, -0.25) is 14.0 Å². The van der Waals surface area contributed by atoms with Crippen LogP contribution in [0.3, 0.4) is 0 Å². The van der Waals surface area contributed by atoms with Gasteiger partial charge in [-0.1, -0.05) is 0 Å². The maximum atomic E-state index is 12.6. The molecule has 0 aromatic carbocycles. The molecular formula is C15H15BrN2O5. The first-order chi connectivity index (χ1) is 10.6. The van der Waals surface area contributed by atoms with Crippen LogP contribution in [0.5, 0.6) is 5.75 Å². The van der Waals surface area contributed by atoms with E-state index in [0.717, 1.165) is 7.11 Å². The number of pyridine rings is 1. The summed E-state index contributed by atoms with van der Waals surface area (Å²) < 4.78 is 11.6. The van der Waals surface area contributed by atoms with E-state index in [-0.39, 0.29) is 11.3 Å². The van der Waals surface area contributed by atoms with Crippen LogP contribution >= 0.6 is 15.9 Å². The number of aromatic nitrogens is 2. The second kappa shape index (κ2) is 6.11. The highest BCUT2D eigenvalue weighted by molar-refractivity contribution is 9.10. The Morgan fingerprint density at radius 2 is 1.91 bits per heavy atom. The van der Waals surface area contributed by atoms with E-state index in [1.54, 1.807) is 32.9 Å². The van der Waals surface area contributed by atoms with Crippen molar-refractivity contribution in [2.75, 3.05) is 7.11 Å². The Morgan fingerprint density at radius 1 is 1.26 bits per heavy atom. The Morgan fingerprint density at radius 3 is 2.48 bits per heavy atom. The minimum absolute atomic E-state index is 0.231. The van der Waals surface area contributed by atoms with Crippen molar-refractivity contribution in [2.45, 2.75) is 20.8 Å². The molecular weight excluding hydrogens is 368 g/mol. The van der Waals surface area contributed by atoms with Crippen molar-refractivity contribution in [3.63, 3.8) is 0 Å². The Labute approximate surface area is 140 Å². The van der Waals surface area contributed by atoms with Gasteiger partial charge in [0.05, 0.1) is 12.5 Å². The fraction of sp³-hybridized carbons (Fsp3) is 0.333. The lowest BCUT2D eigenvalue weighted by Crippen LogP contribution is -2.31. The zero-order valence-electron chi connectivity index (χ0n) is 13.0. The summed E-state index contributed by atoms with van der Waals surface area (Å²) >= 11 is 3.25. The molecule has 0 N–H and O–H groups in total. The Kier molecular flexibility index (Phi) is 4.56. The summed E-state index contributed by atoms with van der Waals surface area (Å²) in [6, 6.07) is 3.22. The lowest BCUT2D eigenvalue weighted by Gasteiger charge is -2.17. The van der Waals surface area contributed by atoms with Crippen LogP contribution in [0.25, 0.3) is 5.65 Å². The zero-order valence-corrected chi connectivity index (χ0v) is 14.6. The van der Waals surface area contributed by atoms with Crippen LogP contribution in [0, 0.1) is 5.41 Å². The van der Waals surface area contributed by atoms with Gasteiger partial charge in [-0.25, -0.2) is 9.78 Å². The minimum Gasteiger partial charge on any atom is -0.464 e. The average Bonchev–Trinajstić information content (AvgIpc) is 2.48. The van der Waals surface area contributed by atoms with Gasteiger partial charge >= 0.3 is 17.5 Å². The first-order valence-corrected chi connectivity index (χ1v) is 7.47. The lowest BCUT2D eigenvalue weighted by molar-refractivity contribution is -0.143. The molecule has 0 aliphatic carbocycles. The number of esters is 2. The lowest BCUT2D eigenvalue weighted by atomic mass is 9.97. The van der Waals surface area contributed by atoms with Crippen molar-refractivity contribution >= 4 is 33.5 Å². The molecule has 2 aromatic heterocycles.